The van der Waals surface area contributed by atoms with Crippen molar-refractivity contribution in [2.24, 2.45) is 0 Å². The average Bonchev–Trinajstić information content (AvgIpc) is 2.93. The molecule has 1 aliphatic heterocycles. The fourth-order valence-electron chi connectivity index (χ4n) is 2.61. The van der Waals surface area contributed by atoms with Crippen molar-refractivity contribution in [3.8, 4) is 0 Å². The van der Waals surface area contributed by atoms with Crippen LogP contribution >= 0.6 is 11.6 Å². The molecule has 0 amide bonds. The van der Waals surface area contributed by atoms with Gasteiger partial charge < -0.3 is 9.30 Å². The summed E-state index contributed by atoms with van der Waals surface area (Å²) in [6.45, 7) is 3.71. The van der Waals surface area contributed by atoms with E-state index in [1.54, 1.807) is 0 Å². The van der Waals surface area contributed by atoms with Crippen LogP contribution in [-0.2, 0) is 16.7 Å². The molecule has 0 spiro atoms. The van der Waals surface area contributed by atoms with Crippen LogP contribution in [0.4, 0.5) is 0 Å². The number of hydrogen-bond donors (Lipinski definition) is 0. The molecule has 4 nitrogen and oxygen atoms in total. The molecule has 1 atom stereocenters. The van der Waals surface area contributed by atoms with Crippen LogP contribution in [0.2, 0.25) is 0 Å². The van der Waals surface area contributed by atoms with Gasteiger partial charge >= 0.3 is 0 Å². The summed E-state index contributed by atoms with van der Waals surface area (Å²) in [7, 11) is 0. The van der Waals surface area contributed by atoms with Crippen molar-refractivity contribution in [1.82, 2.24) is 14.5 Å². The Labute approximate surface area is 111 Å². The Balaban J connectivity index is 2.20. The van der Waals surface area contributed by atoms with E-state index in [0.717, 1.165) is 36.4 Å². The zero-order valence-corrected chi connectivity index (χ0v) is 11.2. The van der Waals surface area contributed by atoms with E-state index in [-0.39, 0.29) is 5.54 Å². The molecule has 0 N–H and O–H groups in total. The standard InChI is InChI=1S/C13H16ClN3O/c1-13(5-8-18-9-13)17-11(4-6-14)16-10-3-2-7-15-12(10)17/h2-3,7H,4-6,8-9H2,1H3. The van der Waals surface area contributed by atoms with Crippen LogP contribution in [0, 0.1) is 0 Å². The molecule has 0 aliphatic carbocycles. The van der Waals surface area contributed by atoms with Crippen molar-refractivity contribution in [1.29, 1.82) is 0 Å². The third-order valence-electron chi connectivity index (χ3n) is 3.54. The van der Waals surface area contributed by atoms with Crippen LogP contribution in [0.5, 0.6) is 0 Å². The first-order chi connectivity index (χ1) is 8.74. The van der Waals surface area contributed by atoms with Crippen LogP contribution in [0.3, 0.4) is 0 Å². The van der Waals surface area contributed by atoms with E-state index in [1.165, 1.54) is 0 Å². The lowest BCUT2D eigenvalue weighted by molar-refractivity contribution is 0.162. The Morgan fingerprint density at radius 1 is 1.56 bits per heavy atom. The Hall–Kier alpha value is -1.13. The van der Waals surface area contributed by atoms with Crippen LogP contribution in [0.25, 0.3) is 11.2 Å². The van der Waals surface area contributed by atoms with Crippen molar-refractivity contribution >= 4 is 22.8 Å². The first kappa shape index (κ1) is 11.9. The van der Waals surface area contributed by atoms with E-state index in [9.17, 15) is 0 Å². The van der Waals surface area contributed by atoms with Crippen molar-refractivity contribution in [2.45, 2.75) is 25.3 Å². The second-order valence-corrected chi connectivity index (χ2v) is 5.33. The number of nitrogens with zero attached hydrogens (tertiary/aromatic N) is 3. The number of pyridine rings is 1. The second-order valence-electron chi connectivity index (χ2n) is 4.95. The number of fused-ring (bicyclic) bond motifs is 1. The summed E-state index contributed by atoms with van der Waals surface area (Å²) in [6.07, 6.45) is 3.56. The Morgan fingerprint density at radius 3 is 3.17 bits per heavy atom. The van der Waals surface area contributed by atoms with Crippen molar-refractivity contribution in [3.63, 3.8) is 0 Å². The van der Waals surface area contributed by atoms with Gasteiger partial charge in [-0.2, -0.15) is 0 Å². The lowest BCUT2D eigenvalue weighted by atomic mass is 10.0. The highest BCUT2D eigenvalue weighted by Crippen LogP contribution is 2.31. The minimum atomic E-state index is -0.0511. The van der Waals surface area contributed by atoms with Gasteiger partial charge in [0.15, 0.2) is 5.65 Å². The first-order valence-corrected chi connectivity index (χ1v) is 6.74. The summed E-state index contributed by atoms with van der Waals surface area (Å²) in [4.78, 5) is 9.13. The van der Waals surface area contributed by atoms with Gasteiger partial charge in [0.05, 0.1) is 12.1 Å². The Kier molecular flexibility index (Phi) is 2.99. The molecule has 18 heavy (non-hydrogen) atoms. The normalized spacial score (nSPS) is 23.9. The van der Waals surface area contributed by atoms with Crippen molar-refractivity contribution in [3.05, 3.63) is 24.2 Å². The summed E-state index contributed by atoms with van der Waals surface area (Å²) in [5.74, 6) is 1.58. The third kappa shape index (κ3) is 1.80. The molecule has 2 aromatic heterocycles. The van der Waals surface area contributed by atoms with E-state index in [0.29, 0.717) is 12.5 Å². The topological polar surface area (TPSA) is 39.9 Å². The third-order valence-corrected chi connectivity index (χ3v) is 3.73. The summed E-state index contributed by atoms with van der Waals surface area (Å²) in [6, 6.07) is 3.91. The lowest BCUT2D eigenvalue weighted by Crippen LogP contribution is -2.32. The van der Waals surface area contributed by atoms with Gasteiger partial charge in [-0.15, -0.1) is 11.6 Å². The average molecular weight is 266 g/mol. The van der Waals surface area contributed by atoms with Gasteiger partial charge in [0, 0.05) is 25.1 Å². The SMILES string of the molecule is CC1(n2c(CCCl)nc3cccnc32)CCOC1. The largest absolute Gasteiger partial charge is 0.379 e. The summed E-state index contributed by atoms with van der Waals surface area (Å²) >= 11 is 5.88. The number of hydrogen-bond acceptors (Lipinski definition) is 3. The molecule has 1 fully saturated rings. The smallest absolute Gasteiger partial charge is 0.160 e. The van der Waals surface area contributed by atoms with Gasteiger partial charge in [-0.1, -0.05) is 0 Å². The quantitative estimate of drug-likeness (QED) is 0.800. The molecule has 0 bridgehead atoms. The maximum Gasteiger partial charge on any atom is 0.160 e. The van der Waals surface area contributed by atoms with E-state index in [2.05, 4.69) is 21.5 Å². The minimum absolute atomic E-state index is 0.0511. The molecule has 1 saturated heterocycles. The number of aromatic nitrogens is 3. The highest BCUT2D eigenvalue weighted by molar-refractivity contribution is 6.17. The van der Waals surface area contributed by atoms with E-state index < -0.39 is 0 Å². The minimum Gasteiger partial charge on any atom is -0.379 e. The number of alkyl halides is 1. The van der Waals surface area contributed by atoms with Gasteiger partial charge in [0.1, 0.15) is 11.3 Å². The molecule has 2 aromatic rings. The predicted octanol–water partition coefficient (Wildman–Crippen LogP) is 2.35. The number of rotatable bonds is 3. The van der Waals surface area contributed by atoms with Gasteiger partial charge in [-0.05, 0) is 25.5 Å². The number of imidazole rings is 1. The van der Waals surface area contributed by atoms with Crippen molar-refractivity contribution < 1.29 is 4.74 Å². The number of aryl methyl sites for hydroxylation is 1. The zero-order valence-electron chi connectivity index (χ0n) is 10.4. The van der Waals surface area contributed by atoms with E-state index >= 15 is 0 Å². The summed E-state index contributed by atoms with van der Waals surface area (Å²) in [5, 5.41) is 0. The molecule has 3 rings (SSSR count). The lowest BCUT2D eigenvalue weighted by Gasteiger charge is -2.26. The predicted molar refractivity (Wildman–Crippen MR) is 71.0 cm³/mol. The molecular weight excluding hydrogens is 250 g/mol. The first-order valence-electron chi connectivity index (χ1n) is 6.21. The highest BCUT2D eigenvalue weighted by Gasteiger charge is 2.35. The molecule has 0 saturated carbocycles. The van der Waals surface area contributed by atoms with Crippen molar-refractivity contribution in [2.75, 3.05) is 19.1 Å². The van der Waals surface area contributed by atoms with Crippen LogP contribution in [0.1, 0.15) is 19.2 Å². The van der Waals surface area contributed by atoms with Gasteiger partial charge in [-0.25, -0.2) is 9.97 Å². The number of ether oxygens (including phenoxy) is 1. The van der Waals surface area contributed by atoms with Gasteiger partial charge in [-0.3, -0.25) is 0 Å². The molecular formula is C13H16ClN3O. The van der Waals surface area contributed by atoms with Gasteiger partial charge in [0.25, 0.3) is 0 Å². The summed E-state index contributed by atoms with van der Waals surface area (Å²) in [5.41, 5.74) is 1.82. The fraction of sp³-hybridized carbons (Fsp3) is 0.538. The monoisotopic (exact) mass is 265 g/mol. The molecule has 0 aromatic carbocycles. The molecule has 1 unspecified atom stereocenters. The van der Waals surface area contributed by atoms with E-state index in [1.807, 2.05) is 18.3 Å². The van der Waals surface area contributed by atoms with Crippen LogP contribution in [0.15, 0.2) is 18.3 Å². The molecule has 0 radical (unpaired) electrons. The second kappa shape index (κ2) is 4.52. The van der Waals surface area contributed by atoms with Crippen LogP contribution in [-0.4, -0.2) is 33.6 Å². The fourth-order valence-corrected chi connectivity index (χ4v) is 2.78. The van der Waals surface area contributed by atoms with Gasteiger partial charge in [0.2, 0.25) is 0 Å². The zero-order chi connectivity index (χ0) is 12.6. The Bertz CT molecular complexity index is 560. The Morgan fingerprint density at radius 2 is 2.44 bits per heavy atom. The summed E-state index contributed by atoms with van der Waals surface area (Å²) < 4.78 is 7.78. The maximum absolute atomic E-state index is 5.88. The molecule has 96 valence electrons. The number of halogens is 1. The highest BCUT2D eigenvalue weighted by atomic mass is 35.5. The molecule has 1 aliphatic rings. The maximum atomic E-state index is 5.88. The van der Waals surface area contributed by atoms with E-state index in [4.69, 9.17) is 16.3 Å². The van der Waals surface area contributed by atoms with Crippen LogP contribution < -0.4 is 0 Å². The molecule has 5 heteroatoms. The molecule has 3 heterocycles.